The first-order chi connectivity index (χ1) is 14.4. The highest BCUT2D eigenvalue weighted by atomic mass is 16.5. The molecule has 1 amide bonds. The Labute approximate surface area is 174 Å². The van der Waals surface area contributed by atoms with Gasteiger partial charge in [0.1, 0.15) is 0 Å². The molecule has 1 aliphatic rings. The number of aromatic nitrogens is 1. The van der Waals surface area contributed by atoms with E-state index in [1.807, 2.05) is 30.5 Å². The summed E-state index contributed by atoms with van der Waals surface area (Å²) in [4.78, 5) is 41.6. The van der Waals surface area contributed by atoms with Crippen molar-refractivity contribution in [1.29, 1.82) is 0 Å². The Morgan fingerprint density at radius 1 is 1.17 bits per heavy atom. The van der Waals surface area contributed by atoms with Crippen LogP contribution < -0.4 is 4.90 Å². The van der Waals surface area contributed by atoms with Gasteiger partial charge in [-0.2, -0.15) is 0 Å². The number of esters is 1. The molecule has 1 aromatic heterocycles. The van der Waals surface area contributed by atoms with Crippen LogP contribution in [-0.2, 0) is 27.2 Å². The number of Topliss-reactive ketones (excluding diaryl/α,β-unsaturated/α-hetero) is 1. The number of rotatable bonds is 6. The Balaban J connectivity index is 1.36. The van der Waals surface area contributed by atoms with E-state index in [9.17, 15) is 14.4 Å². The van der Waals surface area contributed by atoms with E-state index in [-0.39, 0.29) is 18.1 Å². The van der Waals surface area contributed by atoms with Crippen LogP contribution in [0.3, 0.4) is 0 Å². The van der Waals surface area contributed by atoms with Crippen molar-refractivity contribution >= 4 is 34.3 Å². The second-order valence-electron chi connectivity index (χ2n) is 7.62. The molecule has 0 fully saturated rings. The molecule has 0 aliphatic carbocycles. The molecule has 6 heteroatoms. The van der Waals surface area contributed by atoms with Crippen LogP contribution in [0.1, 0.15) is 41.8 Å². The number of aryl methyl sites for hydroxylation is 1. The maximum Gasteiger partial charge on any atom is 0.306 e. The number of carbonyl (C=O) groups excluding carboxylic acids is 3. The average molecular weight is 404 g/mol. The predicted molar refractivity (Wildman–Crippen MR) is 115 cm³/mol. The van der Waals surface area contributed by atoms with E-state index < -0.39 is 12.1 Å². The Bertz CT molecular complexity index is 1130. The van der Waals surface area contributed by atoms with Crippen molar-refractivity contribution in [2.24, 2.45) is 0 Å². The third-order valence-electron chi connectivity index (χ3n) is 5.59. The summed E-state index contributed by atoms with van der Waals surface area (Å²) in [6.07, 6.45) is 2.51. The normalized spacial score (nSPS) is 13.9. The van der Waals surface area contributed by atoms with Crippen LogP contribution in [0.2, 0.25) is 0 Å². The SMILES string of the molecule is CC(=O)N1CCc2cc(C(=O)[C@H](C)OC(=O)CCc3c[nH]c4ccccc34)ccc21. The maximum absolute atomic E-state index is 12.7. The Morgan fingerprint density at radius 2 is 1.97 bits per heavy atom. The summed E-state index contributed by atoms with van der Waals surface area (Å²) in [6, 6.07) is 13.2. The van der Waals surface area contributed by atoms with E-state index in [0.717, 1.165) is 34.1 Å². The molecular weight excluding hydrogens is 380 g/mol. The number of hydrogen-bond donors (Lipinski definition) is 1. The zero-order valence-electron chi connectivity index (χ0n) is 17.1. The summed E-state index contributed by atoms with van der Waals surface area (Å²) in [5.74, 6) is -0.644. The number of carbonyl (C=O) groups is 3. The Hall–Kier alpha value is -3.41. The third kappa shape index (κ3) is 3.85. The van der Waals surface area contributed by atoms with Crippen LogP contribution in [0.5, 0.6) is 0 Å². The minimum Gasteiger partial charge on any atom is -0.454 e. The topological polar surface area (TPSA) is 79.5 Å². The number of ketones is 1. The lowest BCUT2D eigenvalue weighted by Crippen LogP contribution is -2.26. The molecular formula is C24H24N2O4. The number of para-hydroxylation sites is 1. The van der Waals surface area contributed by atoms with E-state index in [0.29, 0.717) is 18.5 Å². The van der Waals surface area contributed by atoms with E-state index in [4.69, 9.17) is 4.74 Å². The van der Waals surface area contributed by atoms with E-state index in [1.54, 1.807) is 30.0 Å². The van der Waals surface area contributed by atoms with Crippen LogP contribution in [0, 0.1) is 0 Å². The molecule has 2 heterocycles. The molecule has 154 valence electrons. The van der Waals surface area contributed by atoms with Gasteiger partial charge < -0.3 is 14.6 Å². The summed E-state index contributed by atoms with van der Waals surface area (Å²) in [6.45, 7) is 3.76. The van der Waals surface area contributed by atoms with E-state index >= 15 is 0 Å². The number of H-pyrrole nitrogens is 1. The van der Waals surface area contributed by atoms with Gasteiger partial charge in [-0.15, -0.1) is 0 Å². The number of fused-ring (bicyclic) bond motifs is 2. The molecule has 0 radical (unpaired) electrons. The molecule has 0 spiro atoms. The van der Waals surface area contributed by atoms with Crippen molar-refractivity contribution in [3.63, 3.8) is 0 Å². The summed E-state index contributed by atoms with van der Waals surface area (Å²) in [5, 5.41) is 1.09. The highest BCUT2D eigenvalue weighted by Crippen LogP contribution is 2.29. The monoisotopic (exact) mass is 404 g/mol. The quantitative estimate of drug-likeness (QED) is 0.500. The zero-order chi connectivity index (χ0) is 21.3. The van der Waals surface area contributed by atoms with Gasteiger partial charge in [-0.25, -0.2) is 0 Å². The first kappa shape index (κ1) is 19.9. The third-order valence-corrected chi connectivity index (χ3v) is 5.59. The van der Waals surface area contributed by atoms with Crippen LogP contribution in [0.25, 0.3) is 10.9 Å². The maximum atomic E-state index is 12.7. The van der Waals surface area contributed by atoms with Crippen molar-refractivity contribution in [2.45, 2.75) is 39.2 Å². The van der Waals surface area contributed by atoms with Crippen LogP contribution in [0.15, 0.2) is 48.7 Å². The lowest BCUT2D eigenvalue weighted by atomic mass is 10.0. The molecule has 1 atom stereocenters. The van der Waals surface area contributed by atoms with Gasteiger partial charge in [0.25, 0.3) is 0 Å². The summed E-state index contributed by atoms with van der Waals surface area (Å²) in [5.41, 5.74) is 4.40. The summed E-state index contributed by atoms with van der Waals surface area (Å²) < 4.78 is 5.39. The number of anilines is 1. The number of benzene rings is 2. The van der Waals surface area contributed by atoms with E-state index in [1.165, 1.54) is 6.92 Å². The van der Waals surface area contributed by atoms with Crippen molar-refractivity contribution in [3.8, 4) is 0 Å². The molecule has 0 unspecified atom stereocenters. The first-order valence-electron chi connectivity index (χ1n) is 10.1. The van der Waals surface area contributed by atoms with Crippen molar-refractivity contribution in [2.75, 3.05) is 11.4 Å². The van der Waals surface area contributed by atoms with Gasteiger partial charge in [-0.1, -0.05) is 18.2 Å². The lowest BCUT2D eigenvalue weighted by molar-refractivity contribution is -0.146. The van der Waals surface area contributed by atoms with Crippen molar-refractivity contribution in [1.82, 2.24) is 4.98 Å². The largest absolute Gasteiger partial charge is 0.454 e. The second-order valence-corrected chi connectivity index (χ2v) is 7.62. The molecule has 2 aromatic carbocycles. The standard InChI is InChI=1S/C24H24N2O4/c1-15(24(29)18-7-9-22-17(13-18)11-12-26(22)16(2)27)30-23(28)10-8-19-14-25-21-6-4-3-5-20(19)21/h3-7,9,13-15,25H,8,10-12H2,1-2H3/t15-/m0/s1. The van der Waals surface area contributed by atoms with Gasteiger partial charge in [0.2, 0.25) is 11.7 Å². The highest BCUT2D eigenvalue weighted by Gasteiger charge is 2.25. The molecule has 0 saturated carbocycles. The number of nitrogens with zero attached hydrogens (tertiary/aromatic N) is 1. The van der Waals surface area contributed by atoms with Crippen LogP contribution >= 0.6 is 0 Å². The Morgan fingerprint density at radius 3 is 2.77 bits per heavy atom. The van der Waals surface area contributed by atoms with Crippen LogP contribution in [-0.4, -0.2) is 35.3 Å². The molecule has 1 aliphatic heterocycles. The van der Waals surface area contributed by atoms with Gasteiger partial charge in [-0.05, 0) is 55.2 Å². The van der Waals surface area contributed by atoms with Gasteiger partial charge in [0.15, 0.2) is 6.10 Å². The number of ether oxygens (including phenoxy) is 1. The molecule has 30 heavy (non-hydrogen) atoms. The fourth-order valence-electron chi connectivity index (χ4n) is 4.00. The number of nitrogens with one attached hydrogen (secondary N) is 1. The van der Waals surface area contributed by atoms with Crippen molar-refractivity contribution < 1.29 is 19.1 Å². The Kier molecular flexibility index (Phi) is 5.40. The second kappa shape index (κ2) is 8.14. The number of aromatic amines is 1. The molecule has 0 bridgehead atoms. The zero-order valence-corrected chi connectivity index (χ0v) is 17.1. The first-order valence-corrected chi connectivity index (χ1v) is 10.1. The fourth-order valence-corrected chi connectivity index (χ4v) is 4.00. The van der Waals surface area contributed by atoms with Gasteiger partial charge in [-0.3, -0.25) is 14.4 Å². The smallest absolute Gasteiger partial charge is 0.306 e. The van der Waals surface area contributed by atoms with Gasteiger partial charge in [0, 0.05) is 48.2 Å². The van der Waals surface area contributed by atoms with Gasteiger partial charge >= 0.3 is 5.97 Å². The number of amides is 1. The predicted octanol–water partition coefficient (Wildman–Crippen LogP) is 3.82. The molecule has 1 N–H and O–H groups in total. The van der Waals surface area contributed by atoms with Gasteiger partial charge in [0.05, 0.1) is 0 Å². The molecule has 4 rings (SSSR count). The summed E-state index contributed by atoms with van der Waals surface area (Å²) >= 11 is 0. The fraction of sp³-hybridized carbons (Fsp3) is 0.292. The number of hydrogen-bond acceptors (Lipinski definition) is 4. The average Bonchev–Trinajstić information content (AvgIpc) is 3.35. The minimum absolute atomic E-state index is 0.00896. The summed E-state index contributed by atoms with van der Waals surface area (Å²) in [7, 11) is 0. The highest BCUT2D eigenvalue weighted by molar-refractivity contribution is 6.02. The minimum atomic E-state index is -0.858. The molecule has 6 nitrogen and oxygen atoms in total. The lowest BCUT2D eigenvalue weighted by Gasteiger charge is -2.16. The van der Waals surface area contributed by atoms with E-state index in [2.05, 4.69) is 4.98 Å². The molecule has 0 saturated heterocycles. The van der Waals surface area contributed by atoms with Crippen LogP contribution in [0.4, 0.5) is 5.69 Å². The van der Waals surface area contributed by atoms with Crippen molar-refractivity contribution in [3.05, 3.63) is 65.4 Å². The molecule has 3 aromatic rings.